The summed E-state index contributed by atoms with van der Waals surface area (Å²) in [5, 5.41) is 11.1. The number of aryl methyl sites for hydroxylation is 1. The van der Waals surface area contributed by atoms with E-state index in [2.05, 4.69) is 25.7 Å². The van der Waals surface area contributed by atoms with Crippen molar-refractivity contribution >= 4 is 17.6 Å². The molecule has 0 unspecified atom stereocenters. The summed E-state index contributed by atoms with van der Waals surface area (Å²) in [7, 11) is 3.57. The number of aliphatic imine (C=N–C) groups is 1. The van der Waals surface area contributed by atoms with Gasteiger partial charge in [0, 0.05) is 25.7 Å². The number of aromatic nitrogens is 3. The van der Waals surface area contributed by atoms with Gasteiger partial charge in [-0.3, -0.25) is 9.67 Å². The topological polar surface area (TPSA) is 67.1 Å². The number of halogens is 1. The second kappa shape index (κ2) is 6.91. The first-order valence-corrected chi connectivity index (χ1v) is 6.59. The van der Waals surface area contributed by atoms with E-state index in [4.69, 9.17) is 11.6 Å². The van der Waals surface area contributed by atoms with Gasteiger partial charge in [0.15, 0.2) is 5.96 Å². The smallest absolute Gasteiger partial charge is 0.191 e. The minimum atomic E-state index is 0.554. The van der Waals surface area contributed by atoms with Crippen molar-refractivity contribution in [2.75, 3.05) is 7.05 Å². The molecule has 1 heterocycles. The van der Waals surface area contributed by atoms with E-state index in [0.717, 1.165) is 16.4 Å². The van der Waals surface area contributed by atoms with Gasteiger partial charge in [0.05, 0.1) is 6.54 Å². The fourth-order valence-corrected chi connectivity index (χ4v) is 1.89. The predicted octanol–water partition coefficient (Wildman–Crippen LogP) is 1.33. The van der Waals surface area contributed by atoms with Crippen LogP contribution in [0.5, 0.6) is 0 Å². The van der Waals surface area contributed by atoms with E-state index in [1.54, 1.807) is 11.7 Å². The third-order valence-electron chi connectivity index (χ3n) is 2.85. The Morgan fingerprint density at radius 1 is 1.30 bits per heavy atom. The molecule has 106 valence electrons. The number of guanidine groups is 1. The Morgan fingerprint density at radius 2 is 2.05 bits per heavy atom. The molecule has 0 radical (unpaired) electrons. The van der Waals surface area contributed by atoms with E-state index in [-0.39, 0.29) is 0 Å². The number of nitrogens with zero attached hydrogens (tertiary/aromatic N) is 4. The lowest BCUT2D eigenvalue weighted by molar-refractivity contribution is 0.672. The lowest BCUT2D eigenvalue weighted by Gasteiger charge is -2.12. The monoisotopic (exact) mass is 292 g/mol. The Labute approximate surface area is 122 Å². The molecule has 0 aliphatic carbocycles. The molecule has 2 aromatic rings. The van der Waals surface area contributed by atoms with Crippen molar-refractivity contribution in [1.29, 1.82) is 0 Å². The number of hydrogen-bond acceptors (Lipinski definition) is 3. The van der Waals surface area contributed by atoms with Crippen LogP contribution in [0.2, 0.25) is 5.02 Å². The average molecular weight is 293 g/mol. The Kier molecular flexibility index (Phi) is 4.95. The van der Waals surface area contributed by atoms with Crippen molar-refractivity contribution in [3.63, 3.8) is 0 Å². The SMILES string of the molecule is CN=C(NCc1ccccc1Cl)NCc1ncnn1C. The number of benzene rings is 1. The van der Waals surface area contributed by atoms with Gasteiger partial charge in [-0.15, -0.1) is 0 Å². The van der Waals surface area contributed by atoms with Gasteiger partial charge < -0.3 is 10.6 Å². The van der Waals surface area contributed by atoms with Crippen LogP contribution in [0.25, 0.3) is 0 Å². The molecule has 0 bridgehead atoms. The van der Waals surface area contributed by atoms with E-state index < -0.39 is 0 Å². The predicted molar refractivity (Wildman–Crippen MR) is 79.5 cm³/mol. The lowest BCUT2D eigenvalue weighted by Crippen LogP contribution is -2.37. The Bertz CT molecular complexity index is 592. The molecule has 7 heteroatoms. The van der Waals surface area contributed by atoms with Crippen LogP contribution in [-0.2, 0) is 20.1 Å². The number of nitrogens with one attached hydrogen (secondary N) is 2. The summed E-state index contributed by atoms with van der Waals surface area (Å²) in [6, 6.07) is 7.71. The highest BCUT2D eigenvalue weighted by Crippen LogP contribution is 2.14. The standard InChI is InChI=1S/C13H17ClN6/c1-15-13(17-8-12-18-9-19-20(12)2)16-7-10-5-3-4-6-11(10)14/h3-6,9H,7-8H2,1-2H3,(H2,15,16,17). The molecule has 0 aliphatic heterocycles. The lowest BCUT2D eigenvalue weighted by atomic mass is 10.2. The summed E-state index contributed by atoms with van der Waals surface area (Å²) >= 11 is 6.11. The molecule has 0 fully saturated rings. The van der Waals surface area contributed by atoms with Crippen LogP contribution in [0.15, 0.2) is 35.6 Å². The largest absolute Gasteiger partial charge is 0.352 e. The molecule has 0 atom stereocenters. The van der Waals surface area contributed by atoms with Crippen LogP contribution in [0.3, 0.4) is 0 Å². The van der Waals surface area contributed by atoms with Gasteiger partial charge in [0.25, 0.3) is 0 Å². The summed E-state index contributed by atoms with van der Waals surface area (Å²) in [5.74, 6) is 1.53. The Balaban J connectivity index is 1.87. The van der Waals surface area contributed by atoms with Crippen LogP contribution >= 0.6 is 11.6 Å². The van der Waals surface area contributed by atoms with E-state index in [1.165, 1.54) is 6.33 Å². The first-order chi connectivity index (χ1) is 9.70. The minimum absolute atomic E-state index is 0.554. The van der Waals surface area contributed by atoms with Crippen LogP contribution in [0.1, 0.15) is 11.4 Å². The van der Waals surface area contributed by atoms with E-state index in [0.29, 0.717) is 19.0 Å². The van der Waals surface area contributed by atoms with Gasteiger partial charge in [-0.05, 0) is 11.6 Å². The molecule has 0 amide bonds. The third-order valence-corrected chi connectivity index (χ3v) is 3.22. The second-order valence-electron chi connectivity index (χ2n) is 4.17. The summed E-state index contributed by atoms with van der Waals surface area (Å²) in [4.78, 5) is 8.30. The van der Waals surface area contributed by atoms with Gasteiger partial charge in [-0.2, -0.15) is 5.10 Å². The summed E-state index contributed by atoms with van der Waals surface area (Å²) in [5.41, 5.74) is 1.02. The maximum absolute atomic E-state index is 6.11. The first kappa shape index (κ1) is 14.3. The molecular formula is C13H17ClN6. The average Bonchev–Trinajstić information content (AvgIpc) is 2.86. The molecule has 0 saturated carbocycles. The fourth-order valence-electron chi connectivity index (χ4n) is 1.68. The number of rotatable bonds is 4. The molecule has 2 rings (SSSR count). The number of hydrogen-bond donors (Lipinski definition) is 2. The molecule has 2 N–H and O–H groups in total. The van der Waals surface area contributed by atoms with Crippen LogP contribution in [0.4, 0.5) is 0 Å². The van der Waals surface area contributed by atoms with Gasteiger partial charge in [0.2, 0.25) is 0 Å². The quantitative estimate of drug-likeness (QED) is 0.659. The van der Waals surface area contributed by atoms with E-state index in [1.807, 2.05) is 31.3 Å². The summed E-state index contributed by atoms with van der Waals surface area (Å²) in [6.45, 7) is 1.16. The molecule has 0 aliphatic rings. The fraction of sp³-hybridized carbons (Fsp3) is 0.308. The Hall–Kier alpha value is -2.08. The highest BCUT2D eigenvalue weighted by molar-refractivity contribution is 6.31. The zero-order valence-electron chi connectivity index (χ0n) is 11.5. The van der Waals surface area contributed by atoms with Gasteiger partial charge >= 0.3 is 0 Å². The van der Waals surface area contributed by atoms with Crippen molar-refractivity contribution in [2.45, 2.75) is 13.1 Å². The zero-order valence-corrected chi connectivity index (χ0v) is 12.2. The highest BCUT2D eigenvalue weighted by Gasteiger charge is 2.04. The molecular weight excluding hydrogens is 276 g/mol. The minimum Gasteiger partial charge on any atom is -0.352 e. The normalized spacial score (nSPS) is 11.4. The van der Waals surface area contributed by atoms with Crippen molar-refractivity contribution in [3.05, 3.63) is 47.0 Å². The van der Waals surface area contributed by atoms with Crippen molar-refractivity contribution in [2.24, 2.45) is 12.0 Å². The van der Waals surface area contributed by atoms with Crippen LogP contribution in [0, 0.1) is 0 Å². The molecule has 1 aromatic carbocycles. The van der Waals surface area contributed by atoms with E-state index >= 15 is 0 Å². The van der Waals surface area contributed by atoms with Crippen LogP contribution < -0.4 is 10.6 Å². The second-order valence-corrected chi connectivity index (χ2v) is 4.58. The van der Waals surface area contributed by atoms with Gasteiger partial charge in [-0.25, -0.2) is 4.98 Å². The third kappa shape index (κ3) is 3.71. The molecule has 1 aromatic heterocycles. The van der Waals surface area contributed by atoms with Crippen molar-refractivity contribution < 1.29 is 0 Å². The maximum Gasteiger partial charge on any atom is 0.191 e. The summed E-state index contributed by atoms with van der Waals surface area (Å²) in [6.07, 6.45) is 1.52. The van der Waals surface area contributed by atoms with Gasteiger partial charge in [-0.1, -0.05) is 29.8 Å². The summed E-state index contributed by atoms with van der Waals surface area (Å²) < 4.78 is 1.72. The van der Waals surface area contributed by atoms with E-state index in [9.17, 15) is 0 Å². The molecule has 0 saturated heterocycles. The molecule has 20 heavy (non-hydrogen) atoms. The molecule has 0 spiro atoms. The zero-order chi connectivity index (χ0) is 14.4. The van der Waals surface area contributed by atoms with Crippen molar-refractivity contribution in [1.82, 2.24) is 25.4 Å². The van der Waals surface area contributed by atoms with Crippen molar-refractivity contribution in [3.8, 4) is 0 Å². The van der Waals surface area contributed by atoms with Gasteiger partial charge in [0.1, 0.15) is 12.2 Å². The molecule has 6 nitrogen and oxygen atoms in total. The highest BCUT2D eigenvalue weighted by atomic mass is 35.5. The first-order valence-electron chi connectivity index (χ1n) is 6.21. The Morgan fingerprint density at radius 3 is 2.70 bits per heavy atom. The maximum atomic E-state index is 6.11. The van der Waals surface area contributed by atoms with Crippen LogP contribution in [-0.4, -0.2) is 27.8 Å².